The van der Waals surface area contributed by atoms with Crippen LogP contribution in [-0.4, -0.2) is 18.8 Å². The minimum atomic E-state index is -3.98. The number of hydrogen-bond acceptors (Lipinski definition) is 1. The van der Waals surface area contributed by atoms with E-state index in [1.165, 1.54) is 32.1 Å². The molecular formula is C14H24F3N. The first kappa shape index (κ1) is 14.2. The fourth-order valence-corrected chi connectivity index (χ4v) is 3.35. The zero-order chi connectivity index (χ0) is 13.0. The molecule has 18 heavy (non-hydrogen) atoms. The zero-order valence-electron chi connectivity index (χ0n) is 10.9. The van der Waals surface area contributed by atoms with Gasteiger partial charge in [-0.15, -0.1) is 0 Å². The summed E-state index contributed by atoms with van der Waals surface area (Å²) in [5.74, 6) is -0.288. The molecule has 0 heterocycles. The van der Waals surface area contributed by atoms with Crippen LogP contribution in [0.5, 0.6) is 0 Å². The van der Waals surface area contributed by atoms with Gasteiger partial charge in [0, 0.05) is 6.04 Å². The molecule has 0 saturated heterocycles. The summed E-state index contributed by atoms with van der Waals surface area (Å²) in [6, 6.07) is 0.325. The molecule has 0 spiro atoms. The number of rotatable bonds is 3. The molecule has 1 nitrogen and oxygen atoms in total. The maximum absolute atomic E-state index is 12.5. The van der Waals surface area contributed by atoms with Crippen molar-refractivity contribution in [1.29, 1.82) is 0 Å². The summed E-state index contributed by atoms with van der Waals surface area (Å²) < 4.78 is 37.6. The lowest BCUT2D eigenvalue weighted by atomic mass is 9.84. The molecule has 0 aliphatic heterocycles. The monoisotopic (exact) mass is 263 g/mol. The molecule has 0 aromatic carbocycles. The van der Waals surface area contributed by atoms with Crippen molar-refractivity contribution in [3.63, 3.8) is 0 Å². The molecule has 2 aliphatic rings. The Morgan fingerprint density at radius 3 is 2.00 bits per heavy atom. The van der Waals surface area contributed by atoms with E-state index < -0.39 is 12.1 Å². The highest BCUT2D eigenvalue weighted by molar-refractivity contribution is 4.81. The van der Waals surface area contributed by atoms with Crippen molar-refractivity contribution < 1.29 is 13.2 Å². The van der Waals surface area contributed by atoms with Crippen LogP contribution in [0.2, 0.25) is 0 Å². The third-order valence-corrected chi connectivity index (χ3v) is 4.61. The predicted molar refractivity (Wildman–Crippen MR) is 66.4 cm³/mol. The first-order valence-corrected chi connectivity index (χ1v) is 7.36. The Labute approximate surface area is 108 Å². The normalized spacial score (nSPS) is 31.5. The van der Waals surface area contributed by atoms with Crippen LogP contribution < -0.4 is 5.32 Å². The first-order valence-electron chi connectivity index (χ1n) is 7.36. The van der Waals surface area contributed by atoms with Crippen molar-refractivity contribution in [3.8, 4) is 0 Å². The van der Waals surface area contributed by atoms with Crippen LogP contribution in [0, 0.1) is 11.8 Å². The average molecular weight is 263 g/mol. The summed E-state index contributed by atoms with van der Waals surface area (Å²) in [7, 11) is 0. The summed E-state index contributed by atoms with van der Waals surface area (Å²) >= 11 is 0. The third kappa shape index (κ3) is 4.15. The van der Waals surface area contributed by atoms with Gasteiger partial charge in [-0.05, 0) is 51.0 Å². The fourth-order valence-electron chi connectivity index (χ4n) is 3.35. The quantitative estimate of drug-likeness (QED) is 0.801. The van der Waals surface area contributed by atoms with E-state index in [-0.39, 0.29) is 0 Å². The maximum atomic E-state index is 12.5. The summed E-state index contributed by atoms with van der Waals surface area (Å²) in [5.41, 5.74) is 0. The summed E-state index contributed by atoms with van der Waals surface area (Å²) in [6.07, 6.45) is 4.63. The Balaban J connectivity index is 1.64. The van der Waals surface area contributed by atoms with Gasteiger partial charge in [-0.1, -0.05) is 19.3 Å². The van der Waals surface area contributed by atoms with Crippen LogP contribution in [0.15, 0.2) is 0 Å². The van der Waals surface area contributed by atoms with Crippen LogP contribution in [0.3, 0.4) is 0 Å². The predicted octanol–water partition coefficient (Wildman–Crippen LogP) is 4.28. The van der Waals surface area contributed by atoms with Gasteiger partial charge < -0.3 is 5.32 Å². The lowest BCUT2D eigenvalue weighted by Gasteiger charge is -2.32. The van der Waals surface area contributed by atoms with Crippen molar-refractivity contribution in [2.24, 2.45) is 11.8 Å². The number of alkyl halides is 3. The van der Waals surface area contributed by atoms with E-state index in [0.717, 1.165) is 12.5 Å². The molecule has 0 bridgehead atoms. The van der Waals surface area contributed by atoms with E-state index in [4.69, 9.17) is 0 Å². The van der Waals surface area contributed by atoms with Gasteiger partial charge in [-0.25, -0.2) is 0 Å². The fraction of sp³-hybridized carbons (Fsp3) is 1.00. The molecule has 2 rings (SSSR count). The highest BCUT2D eigenvalue weighted by Crippen LogP contribution is 2.37. The SMILES string of the molecule is FC(F)(F)C1CCC(NCC2CCCCC2)CC1. The van der Waals surface area contributed by atoms with E-state index in [9.17, 15) is 13.2 Å². The van der Waals surface area contributed by atoms with E-state index in [2.05, 4.69) is 5.32 Å². The Morgan fingerprint density at radius 1 is 0.833 bits per heavy atom. The molecule has 0 aromatic heterocycles. The number of hydrogen-bond donors (Lipinski definition) is 1. The van der Waals surface area contributed by atoms with Crippen LogP contribution in [-0.2, 0) is 0 Å². The van der Waals surface area contributed by atoms with Gasteiger partial charge >= 0.3 is 6.18 Å². The molecule has 2 saturated carbocycles. The second-order valence-corrected chi connectivity index (χ2v) is 6.00. The van der Waals surface area contributed by atoms with Crippen molar-refractivity contribution in [2.75, 3.05) is 6.54 Å². The molecule has 0 radical (unpaired) electrons. The van der Waals surface area contributed by atoms with Crippen LogP contribution in [0.4, 0.5) is 13.2 Å². The number of halogens is 3. The molecule has 0 amide bonds. The van der Waals surface area contributed by atoms with Gasteiger partial charge in [0.1, 0.15) is 0 Å². The van der Waals surface area contributed by atoms with E-state index >= 15 is 0 Å². The van der Waals surface area contributed by atoms with E-state index in [0.29, 0.717) is 31.7 Å². The second-order valence-electron chi connectivity index (χ2n) is 6.00. The summed E-state index contributed by atoms with van der Waals surface area (Å²) in [4.78, 5) is 0. The second kappa shape index (κ2) is 6.27. The van der Waals surface area contributed by atoms with Crippen LogP contribution >= 0.6 is 0 Å². The highest BCUT2D eigenvalue weighted by Gasteiger charge is 2.41. The number of nitrogens with one attached hydrogen (secondary N) is 1. The van der Waals surface area contributed by atoms with Crippen LogP contribution in [0.25, 0.3) is 0 Å². The molecule has 2 aliphatic carbocycles. The highest BCUT2D eigenvalue weighted by atomic mass is 19.4. The standard InChI is InChI=1S/C14H24F3N/c15-14(16,17)12-6-8-13(9-7-12)18-10-11-4-2-1-3-5-11/h11-13,18H,1-10H2. The third-order valence-electron chi connectivity index (χ3n) is 4.61. The largest absolute Gasteiger partial charge is 0.391 e. The van der Waals surface area contributed by atoms with E-state index in [1.807, 2.05) is 0 Å². The Morgan fingerprint density at radius 2 is 1.44 bits per heavy atom. The Hall–Kier alpha value is -0.250. The van der Waals surface area contributed by atoms with Gasteiger partial charge in [0.15, 0.2) is 0 Å². The average Bonchev–Trinajstić information content (AvgIpc) is 2.37. The van der Waals surface area contributed by atoms with E-state index in [1.54, 1.807) is 0 Å². The van der Waals surface area contributed by atoms with Crippen molar-refractivity contribution in [3.05, 3.63) is 0 Å². The zero-order valence-corrected chi connectivity index (χ0v) is 10.9. The van der Waals surface area contributed by atoms with Gasteiger partial charge in [0.05, 0.1) is 5.92 Å². The lowest BCUT2D eigenvalue weighted by Crippen LogP contribution is -2.39. The van der Waals surface area contributed by atoms with Crippen molar-refractivity contribution in [1.82, 2.24) is 5.32 Å². The first-order chi connectivity index (χ1) is 8.55. The van der Waals surface area contributed by atoms with Gasteiger partial charge in [-0.2, -0.15) is 13.2 Å². The minimum absolute atomic E-state index is 0.311. The molecular weight excluding hydrogens is 239 g/mol. The maximum Gasteiger partial charge on any atom is 0.391 e. The summed E-state index contributed by atoms with van der Waals surface area (Å²) in [6.45, 7) is 1.02. The van der Waals surface area contributed by atoms with Crippen molar-refractivity contribution >= 4 is 0 Å². The lowest BCUT2D eigenvalue weighted by molar-refractivity contribution is -0.182. The Bertz CT molecular complexity index is 238. The van der Waals surface area contributed by atoms with Gasteiger partial charge in [0.2, 0.25) is 0 Å². The molecule has 2 fully saturated rings. The topological polar surface area (TPSA) is 12.0 Å². The molecule has 0 aromatic rings. The molecule has 0 unspecified atom stereocenters. The smallest absolute Gasteiger partial charge is 0.314 e. The Kier molecular flexibility index (Phi) is 4.93. The molecule has 4 heteroatoms. The minimum Gasteiger partial charge on any atom is -0.314 e. The van der Waals surface area contributed by atoms with Gasteiger partial charge in [-0.3, -0.25) is 0 Å². The molecule has 1 N–H and O–H groups in total. The van der Waals surface area contributed by atoms with Crippen molar-refractivity contribution in [2.45, 2.75) is 70.0 Å². The molecule has 0 atom stereocenters. The van der Waals surface area contributed by atoms with Gasteiger partial charge in [0.25, 0.3) is 0 Å². The van der Waals surface area contributed by atoms with Crippen LogP contribution in [0.1, 0.15) is 57.8 Å². The summed E-state index contributed by atoms with van der Waals surface area (Å²) in [5, 5.41) is 3.50. The molecule has 106 valence electrons.